The standard InChI is InChI=1S/C10H17N3O2/c1-10(2,6-14-3)13-8-5-9(15-4)12-7-11-8/h5,7H,6H2,1-4H3,(H,11,12,13). The molecule has 0 amide bonds. The minimum absolute atomic E-state index is 0.173. The lowest BCUT2D eigenvalue weighted by Crippen LogP contribution is -2.36. The van der Waals surface area contributed by atoms with Crippen molar-refractivity contribution in [1.29, 1.82) is 0 Å². The average Bonchev–Trinajstić information content (AvgIpc) is 2.17. The molecular formula is C10H17N3O2. The Morgan fingerprint density at radius 2 is 2.07 bits per heavy atom. The quantitative estimate of drug-likeness (QED) is 0.796. The maximum atomic E-state index is 5.10. The molecule has 15 heavy (non-hydrogen) atoms. The fourth-order valence-corrected chi connectivity index (χ4v) is 1.26. The van der Waals surface area contributed by atoms with Gasteiger partial charge in [-0.15, -0.1) is 0 Å². The Morgan fingerprint density at radius 3 is 2.67 bits per heavy atom. The molecule has 0 spiro atoms. The van der Waals surface area contributed by atoms with Gasteiger partial charge in [-0.25, -0.2) is 9.97 Å². The van der Waals surface area contributed by atoms with Crippen LogP contribution < -0.4 is 10.1 Å². The molecule has 1 N–H and O–H groups in total. The number of hydrogen-bond donors (Lipinski definition) is 1. The summed E-state index contributed by atoms with van der Waals surface area (Å²) in [5.41, 5.74) is -0.173. The van der Waals surface area contributed by atoms with E-state index in [2.05, 4.69) is 15.3 Å². The van der Waals surface area contributed by atoms with Gasteiger partial charge in [0.15, 0.2) is 0 Å². The van der Waals surface area contributed by atoms with Crippen LogP contribution >= 0.6 is 0 Å². The van der Waals surface area contributed by atoms with E-state index in [1.54, 1.807) is 20.3 Å². The molecule has 5 heteroatoms. The molecule has 0 bridgehead atoms. The van der Waals surface area contributed by atoms with Crippen LogP contribution in [0.25, 0.3) is 0 Å². The minimum Gasteiger partial charge on any atom is -0.481 e. The summed E-state index contributed by atoms with van der Waals surface area (Å²) in [4.78, 5) is 8.03. The molecule has 1 aromatic heterocycles. The van der Waals surface area contributed by atoms with Crippen LogP contribution in [0.3, 0.4) is 0 Å². The van der Waals surface area contributed by atoms with Gasteiger partial charge in [0.25, 0.3) is 0 Å². The molecule has 5 nitrogen and oxygen atoms in total. The summed E-state index contributed by atoms with van der Waals surface area (Å²) in [5.74, 6) is 1.27. The van der Waals surface area contributed by atoms with Crippen molar-refractivity contribution < 1.29 is 9.47 Å². The van der Waals surface area contributed by atoms with Gasteiger partial charge in [-0.05, 0) is 13.8 Å². The number of ether oxygens (including phenoxy) is 2. The molecule has 0 aliphatic heterocycles. The van der Waals surface area contributed by atoms with Crippen LogP contribution in [-0.4, -0.2) is 36.3 Å². The molecule has 1 aromatic rings. The van der Waals surface area contributed by atoms with Crippen molar-refractivity contribution in [3.63, 3.8) is 0 Å². The van der Waals surface area contributed by atoms with Crippen LogP contribution in [-0.2, 0) is 4.74 Å². The zero-order chi connectivity index (χ0) is 11.3. The fourth-order valence-electron chi connectivity index (χ4n) is 1.26. The summed E-state index contributed by atoms with van der Waals surface area (Å²) in [6.07, 6.45) is 1.46. The number of nitrogens with zero attached hydrogens (tertiary/aromatic N) is 2. The highest BCUT2D eigenvalue weighted by molar-refractivity contribution is 5.39. The lowest BCUT2D eigenvalue weighted by molar-refractivity contribution is 0.158. The van der Waals surface area contributed by atoms with Gasteiger partial charge in [0, 0.05) is 13.2 Å². The number of nitrogens with one attached hydrogen (secondary N) is 1. The highest BCUT2D eigenvalue weighted by atomic mass is 16.5. The Morgan fingerprint density at radius 1 is 1.33 bits per heavy atom. The van der Waals surface area contributed by atoms with Crippen molar-refractivity contribution in [3.8, 4) is 5.88 Å². The van der Waals surface area contributed by atoms with Crippen LogP contribution in [0.4, 0.5) is 5.82 Å². The van der Waals surface area contributed by atoms with Crippen LogP contribution in [0, 0.1) is 0 Å². The number of hydrogen-bond acceptors (Lipinski definition) is 5. The molecule has 1 rings (SSSR count). The zero-order valence-electron chi connectivity index (χ0n) is 9.57. The Kier molecular flexibility index (Phi) is 3.85. The third-order valence-electron chi connectivity index (χ3n) is 1.82. The van der Waals surface area contributed by atoms with Gasteiger partial charge >= 0.3 is 0 Å². The fraction of sp³-hybridized carbons (Fsp3) is 0.600. The first-order valence-corrected chi connectivity index (χ1v) is 4.70. The van der Waals surface area contributed by atoms with Crippen LogP contribution in [0.2, 0.25) is 0 Å². The summed E-state index contributed by atoms with van der Waals surface area (Å²) in [5, 5.41) is 3.24. The van der Waals surface area contributed by atoms with E-state index in [4.69, 9.17) is 9.47 Å². The van der Waals surface area contributed by atoms with Gasteiger partial charge in [0.1, 0.15) is 12.1 Å². The summed E-state index contributed by atoms with van der Waals surface area (Å²) < 4.78 is 10.1. The monoisotopic (exact) mass is 211 g/mol. The molecule has 0 aliphatic rings. The molecule has 0 aliphatic carbocycles. The number of rotatable bonds is 5. The Labute approximate surface area is 89.8 Å². The molecule has 84 valence electrons. The van der Waals surface area contributed by atoms with Gasteiger partial charge in [0.05, 0.1) is 19.3 Å². The van der Waals surface area contributed by atoms with Gasteiger partial charge < -0.3 is 14.8 Å². The van der Waals surface area contributed by atoms with E-state index in [1.807, 2.05) is 13.8 Å². The van der Waals surface area contributed by atoms with Crippen molar-refractivity contribution >= 4 is 5.82 Å². The normalized spacial score (nSPS) is 11.2. The van der Waals surface area contributed by atoms with E-state index >= 15 is 0 Å². The lowest BCUT2D eigenvalue weighted by atomic mass is 10.1. The summed E-state index contributed by atoms with van der Waals surface area (Å²) >= 11 is 0. The highest BCUT2D eigenvalue weighted by Gasteiger charge is 2.17. The number of methoxy groups -OCH3 is 2. The predicted octanol–water partition coefficient (Wildman–Crippen LogP) is 1.32. The first-order valence-electron chi connectivity index (χ1n) is 4.70. The van der Waals surface area contributed by atoms with Gasteiger partial charge in [-0.2, -0.15) is 0 Å². The topological polar surface area (TPSA) is 56.3 Å². The van der Waals surface area contributed by atoms with Crippen molar-refractivity contribution in [1.82, 2.24) is 9.97 Å². The third-order valence-corrected chi connectivity index (χ3v) is 1.82. The molecule has 0 saturated carbocycles. The maximum absolute atomic E-state index is 5.10. The van der Waals surface area contributed by atoms with Crippen molar-refractivity contribution in [3.05, 3.63) is 12.4 Å². The molecular weight excluding hydrogens is 194 g/mol. The second-order valence-corrected chi connectivity index (χ2v) is 3.89. The van der Waals surface area contributed by atoms with Gasteiger partial charge in [-0.3, -0.25) is 0 Å². The molecule has 0 atom stereocenters. The largest absolute Gasteiger partial charge is 0.481 e. The maximum Gasteiger partial charge on any atom is 0.218 e. The summed E-state index contributed by atoms with van der Waals surface area (Å²) in [6.45, 7) is 4.66. The second kappa shape index (κ2) is 4.93. The van der Waals surface area contributed by atoms with Gasteiger partial charge in [-0.1, -0.05) is 0 Å². The predicted molar refractivity (Wildman–Crippen MR) is 58.2 cm³/mol. The minimum atomic E-state index is -0.173. The van der Waals surface area contributed by atoms with Crippen molar-refractivity contribution in [2.75, 3.05) is 26.1 Å². The molecule has 0 saturated heterocycles. The smallest absolute Gasteiger partial charge is 0.218 e. The summed E-state index contributed by atoms with van der Waals surface area (Å²) in [6, 6.07) is 1.75. The van der Waals surface area contributed by atoms with E-state index in [9.17, 15) is 0 Å². The lowest BCUT2D eigenvalue weighted by Gasteiger charge is -2.25. The first-order chi connectivity index (χ1) is 7.07. The van der Waals surface area contributed by atoms with E-state index < -0.39 is 0 Å². The van der Waals surface area contributed by atoms with Gasteiger partial charge in [0.2, 0.25) is 5.88 Å². The highest BCUT2D eigenvalue weighted by Crippen LogP contribution is 2.15. The Balaban J connectivity index is 2.71. The van der Waals surface area contributed by atoms with E-state index in [0.717, 1.165) is 5.82 Å². The number of aromatic nitrogens is 2. The molecule has 0 aromatic carbocycles. The second-order valence-electron chi connectivity index (χ2n) is 3.89. The Hall–Kier alpha value is -1.36. The van der Waals surface area contributed by atoms with Crippen LogP contribution in [0.5, 0.6) is 5.88 Å². The molecule has 1 heterocycles. The Bertz CT molecular complexity index is 315. The average molecular weight is 211 g/mol. The first kappa shape index (κ1) is 11.7. The molecule has 0 fully saturated rings. The summed E-state index contributed by atoms with van der Waals surface area (Å²) in [7, 11) is 3.25. The van der Waals surface area contributed by atoms with Crippen LogP contribution in [0.15, 0.2) is 12.4 Å². The SMILES string of the molecule is COCC(C)(C)Nc1cc(OC)ncn1. The molecule has 0 radical (unpaired) electrons. The third kappa shape index (κ3) is 3.71. The van der Waals surface area contributed by atoms with Crippen molar-refractivity contribution in [2.24, 2.45) is 0 Å². The van der Waals surface area contributed by atoms with Crippen molar-refractivity contribution in [2.45, 2.75) is 19.4 Å². The van der Waals surface area contributed by atoms with Crippen LogP contribution in [0.1, 0.15) is 13.8 Å². The number of anilines is 1. The van der Waals surface area contributed by atoms with E-state index in [-0.39, 0.29) is 5.54 Å². The van der Waals surface area contributed by atoms with E-state index in [0.29, 0.717) is 12.5 Å². The zero-order valence-corrected chi connectivity index (χ0v) is 9.57. The molecule has 0 unspecified atom stereocenters. The van der Waals surface area contributed by atoms with E-state index in [1.165, 1.54) is 6.33 Å².